The van der Waals surface area contributed by atoms with E-state index in [1.54, 1.807) is 24.5 Å². The van der Waals surface area contributed by atoms with E-state index in [-0.39, 0.29) is 10.6 Å². The Kier molecular flexibility index (Phi) is 3.68. The van der Waals surface area contributed by atoms with E-state index in [9.17, 15) is 10.1 Å². The minimum Gasteiger partial charge on any atom is -0.368 e. The van der Waals surface area contributed by atoms with Crippen LogP contribution in [0.25, 0.3) is 0 Å². The molecule has 0 spiro atoms. The van der Waals surface area contributed by atoms with Gasteiger partial charge < -0.3 is 9.80 Å². The van der Waals surface area contributed by atoms with Crippen molar-refractivity contribution in [1.82, 2.24) is 4.98 Å². The van der Waals surface area contributed by atoms with Gasteiger partial charge in [0.05, 0.1) is 4.92 Å². The summed E-state index contributed by atoms with van der Waals surface area (Å²) < 4.78 is 0. The highest BCUT2D eigenvalue weighted by molar-refractivity contribution is 5.64. The molecule has 6 nitrogen and oxygen atoms in total. The van der Waals surface area contributed by atoms with Crippen LogP contribution < -0.4 is 9.80 Å². The van der Waals surface area contributed by atoms with Gasteiger partial charge in [0, 0.05) is 50.3 Å². The summed E-state index contributed by atoms with van der Waals surface area (Å²) in [5.41, 5.74) is 2.03. The second-order valence-corrected chi connectivity index (χ2v) is 4.93. The molecule has 3 rings (SSSR count). The normalized spacial score (nSPS) is 15.0. The van der Waals surface area contributed by atoms with Crippen molar-refractivity contribution in [2.75, 3.05) is 36.0 Å². The lowest BCUT2D eigenvalue weighted by molar-refractivity contribution is -0.384. The third-order valence-electron chi connectivity index (χ3n) is 3.73. The number of para-hydroxylation sites is 2. The molecule has 1 aliphatic heterocycles. The Labute approximate surface area is 122 Å². The molecule has 0 aliphatic carbocycles. The molecule has 21 heavy (non-hydrogen) atoms. The molecule has 0 amide bonds. The van der Waals surface area contributed by atoms with Gasteiger partial charge in [-0.3, -0.25) is 15.1 Å². The highest BCUT2D eigenvalue weighted by atomic mass is 16.6. The summed E-state index contributed by atoms with van der Waals surface area (Å²) >= 11 is 0. The summed E-state index contributed by atoms with van der Waals surface area (Å²) in [6.07, 6.45) is 3.56. The van der Waals surface area contributed by atoms with Crippen LogP contribution in [0.2, 0.25) is 0 Å². The van der Waals surface area contributed by atoms with Gasteiger partial charge in [-0.05, 0) is 18.2 Å². The molecule has 0 N–H and O–H groups in total. The molecule has 0 saturated carbocycles. The van der Waals surface area contributed by atoms with Gasteiger partial charge in [0.25, 0.3) is 5.69 Å². The molecule has 1 aliphatic rings. The largest absolute Gasteiger partial charge is 0.368 e. The lowest BCUT2D eigenvalue weighted by atomic mass is 10.2. The van der Waals surface area contributed by atoms with Crippen LogP contribution in [-0.2, 0) is 0 Å². The van der Waals surface area contributed by atoms with Gasteiger partial charge in [0.2, 0.25) is 0 Å². The fraction of sp³-hybridized carbons (Fsp3) is 0.267. The number of nitrogens with zero attached hydrogens (tertiary/aromatic N) is 4. The van der Waals surface area contributed by atoms with Crippen LogP contribution in [0, 0.1) is 10.1 Å². The molecule has 1 aromatic heterocycles. The first-order chi connectivity index (χ1) is 10.3. The van der Waals surface area contributed by atoms with Crippen molar-refractivity contribution in [1.29, 1.82) is 0 Å². The Balaban J connectivity index is 1.73. The van der Waals surface area contributed by atoms with E-state index in [1.165, 1.54) is 0 Å². The van der Waals surface area contributed by atoms with Gasteiger partial charge in [-0.25, -0.2) is 0 Å². The quantitative estimate of drug-likeness (QED) is 0.639. The maximum absolute atomic E-state index is 11.1. The standard InChI is InChI=1S/C15H16N4O2/c20-19(21)15-4-2-1-3-14(15)18-11-9-17(10-12-18)13-5-7-16-8-6-13/h1-8H,9-12H2. The molecule has 1 aromatic carbocycles. The molecule has 2 aromatic rings. The first-order valence-electron chi connectivity index (χ1n) is 6.89. The first-order valence-corrected chi connectivity index (χ1v) is 6.89. The minimum atomic E-state index is -0.315. The van der Waals surface area contributed by atoms with Crippen LogP contribution >= 0.6 is 0 Å². The molecule has 2 heterocycles. The number of aromatic nitrogens is 1. The van der Waals surface area contributed by atoms with E-state index in [0.29, 0.717) is 5.69 Å². The van der Waals surface area contributed by atoms with Crippen LogP contribution in [0.4, 0.5) is 17.1 Å². The van der Waals surface area contributed by atoms with E-state index >= 15 is 0 Å². The summed E-state index contributed by atoms with van der Waals surface area (Å²) in [5.74, 6) is 0. The van der Waals surface area contributed by atoms with Crippen LogP contribution in [0.3, 0.4) is 0 Å². The van der Waals surface area contributed by atoms with Crippen molar-refractivity contribution in [3.8, 4) is 0 Å². The lowest BCUT2D eigenvalue weighted by Crippen LogP contribution is -2.46. The van der Waals surface area contributed by atoms with Gasteiger partial charge in [0.1, 0.15) is 5.69 Å². The van der Waals surface area contributed by atoms with Crippen molar-refractivity contribution in [3.05, 3.63) is 58.9 Å². The average Bonchev–Trinajstić information content (AvgIpc) is 2.56. The number of rotatable bonds is 3. The van der Waals surface area contributed by atoms with Crippen molar-refractivity contribution < 1.29 is 4.92 Å². The van der Waals surface area contributed by atoms with Gasteiger partial charge in [0.15, 0.2) is 0 Å². The molecule has 0 unspecified atom stereocenters. The van der Waals surface area contributed by atoms with Gasteiger partial charge >= 0.3 is 0 Å². The topological polar surface area (TPSA) is 62.5 Å². The highest BCUT2D eigenvalue weighted by Crippen LogP contribution is 2.28. The number of benzene rings is 1. The van der Waals surface area contributed by atoms with Gasteiger partial charge in [-0.2, -0.15) is 0 Å². The fourth-order valence-electron chi connectivity index (χ4n) is 2.65. The van der Waals surface area contributed by atoms with Crippen LogP contribution in [-0.4, -0.2) is 36.1 Å². The molecule has 1 fully saturated rings. The molecular weight excluding hydrogens is 268 g/mol. The summed E-state index contributed by atoms with van der Waals surface area (Å²) in [6.45, 7) is 3.23. The Morgan fingerprint density at radius 3 is 2.24 bits per heavy atom. The number of nitro groups is 1. The monoisotopic (exact) mass is 284 g/mol. The fourth-order valence-corrected chi connectivity index (χ4v) is 2.65. The number of hydrogen-bond acceptors (Lipinski definition) is 5. The van der Waals surface area contributed by atoms with Crippen molar-refractivity contribution >= 4 is 17.1 Å². The minimum absolute atomic E-state index is 0.176. The number of pyridine rings is 1. The van der Waals surface area contributed by atoms with Crippen molar-refractivity contribution in [2.24, 2.45) is 0 Å². The van der Waals surface area contributed by atoms with Crippen molar-refractivity contribution in [3.63, 3.8) is 0 Å². The molecule has 0 radical (unpaired) electrons. The van der Waals surface area contributed by atoms with E-state index in [2.05, 4.69) is 14.8 Å². The third kappa shape index (κ3) is 2.79. The van der Waals surface area contributed by atoms with Gasteiger partial charge in [-0.1, -0.05) is 12.1 Å². The molecule has 6 heteroatoms. The molecule has 0 bridgehead atoms. The third-order valence-corrected chi connectivity index (χ3v) is 3.73. The zero-order chi connectivity index (χ0) is 14.7. The maximum atomic E-state index is 11.1. The van der Waals surface area contributed by atoms with Crippen LogP contribution in [0.5, 0.6) is 0 Å². The Morgan fingerprint density at radius 2 is 1.57 bits per heavy atom. The van der Waals surface area contributed by atoms with E-state index in [4.69, 9.17) is 0 Å². The molecule has 0 atom stereocenters. The lowest BCUT2D eigenvalue weighted by Gasteiger charge is -2.37. The predicted molar refractivity (Wildman–Crippen MR) is 81.8 cm³/mol. The Bertz CT molecular complexity index is 625. The Hall–Kier alpha value is -2.63. The summed E-state index contributed by atoms with van der Waals surface area (Å²) in [7, 11) is 0. The maximum Gasteiger partial charge on any atom is 0.292 e. The first kappa shape index (κ1) is 13.4. The summed E-state index contributed by atoms with van der Waals surface area (Å²) in [6, 6.07) is 10.9. The van der Waals surface area contributed by atoms with E-state index < -0.39 is 0 Å². The average molecular weight is 284 g/mol. The number of nitro benzene ring substituents is 1. The predicted octanol–water partition coefficient (Wildman–Crippen LogP) is 2.32. The van der Waals surface area contributed by atoms with Crippen LogP contribution in [0.1, 0.15) is 0 Å². The number of piperazine rings is 1. The second-order valence-electron chi connectivity index (χ2n) is 4.93. The smallest absolute Gasteiger partial charge is 0.292 e. The molecule has 108 valence electrons. The Morgan fingerprint density at radius 1 is 0.952 bits per heavy atom. The van der Waals surface area contributed by atoms with Gasteiger partial charge in [-0.15, -0.1) is 0 Å². The summed E-state index contributed by atoms with van der Waals surface area (Å²) in [5, 5.41) is 11.1. The number of anilines is 2. The zero-order valence-electron chi connectivity index (χ0n) is 11.6. The van der Waals surface area contributed by atoms with Crippen LogP contribution in [0.15, 0.2) is 48.8 Å². The van der Waals surface area contributed by atoms with Crippen molar-refractivity contribution in [2.45, 2.75) is 0 Å². The second kappa shape index (κ2) is 5.78. The zero-order valence-corrected chi connectivity index (χ0v) is 11.6. The molecule has 1 saturated heterocycles. The highest BCUT2D eigenvalue weighted by Gasteiger charge is 2.23. The SMILES string of the molecule is O=[N+]([O-])c1ccccc1N1CCN(c2ccncc2)CC1. The molecular formula is C15H16N4O2. The van der Waals surface area contributed by atoms with E-state index in [1.807, 2.05) is 24.3 Å². The summed E-state index contributed by atoms with van der Waals surface area (Å²) in [4.78, 5) is 19.2. The number of hydrogen-bond donors (Lipinski definition) is 0. The van der Waals surface area contributed by atoms with E-state index in [0.717, 1.165) is 31.9 Å².